The van der Waals surface area contributed by atoms with E-state index in [1.807, 2.05) is 13.8 Å². The van der Waals surface area contributed by atoms with Crippen molar-refractivity contribution in [2.24, 2.45) is 44.8 Å². The van der Waals surface area contributed by atoms with Gasteiger partial charge in [0, 0.05) is 57.7 Å². The summed E-state index contributed by atoms with van der Waals surface area (Å²) in [4.78, 5) is 171. The lowest BCUT2D eigenvalue weighted by Gasteiger charge is -2.29. The summed E-state index contributed by atoms with van der Waals surface area (Å²) in [6.45, 7) is 11.2. The second kappa shape index (κ2) is 51.4. The Balaban J connectivity index is 1.96. The molecule has 0 aliphatic heterocycles. The summed E-state index contributed by atoms with van der Waals surface area (Å²) in [7, 11) is 1.28. The van der Waals surface area contributed by atoms with E-state index in [1.165, 1.54) is 109 Å². The van der Waals surface area contributed by atoms with Crippen LogP contribution >= 0.6 is 0 Å². The highest BCUT2D eigenvalue weighted by molar-refractivity contribution is 5.99. The van der Waals surface area contributed by atoms with Gasteiger partial charge in [0.25, 0.3) is 0 Å². The number of carbonyl (C=O) groups excluding carboxylic acids is 11. The Hall–Kier alpha value is -9.92. The second-order valence-electron chi connectivity index (χ2n) is 28.3. The van der Waals surface area contributed by atoms with Crippen molar-refractivity contribution < 1.29 is 68.1 Å². The molecule has 0 saturated carbocycles. The molecule has 0 bridgehead atoms. The van der Waals surface area contributed by atoms with Crippen molar-refractivity contribution >= 4 is 76.9 Å². The van der Waals surface area contributed by atoms with Crippen LogP contribution in [0.2, 0.25) is 0 Å². The number of aromatic hydroxyl groups is 1. The number of aromatic amines is 1. The number of aliphatic hydroxyl groups excluding tert-OH is 2. The van der Waals surface area contributed by atoms with Crippen LogP contribution in [-0.2, 0) is 72.0 Å². The van der Waals surface area contributed by atoms with Gasteiger partial charge in [-0.25, -0.2) is 4.98 Å². The highest BCUT2D eigenvalue weighted by atomic mass is 16.3. The maximum atomic E-state index is 15.0. The van der Waals surface area contributed by atoms with Crippen LogP contribution in [0.1, 0.15) is 194 Å². The number of benzene rings is 2. The number of aliphatic imine (C=N–C) groups is 2. The first-order valence-electron chi connectivity index (χ1n) is 37.9. The van der Waals surface area contributed by atoms with Gasteiger partial charge in [0.1, 0.15) is 66.2 Å². The van der Waals surface area contributed by atoms with Crippen molar-refractivity contribution in [3.05, 3.63) is 83.9 Å². The number of phenolic OH excluding ortho intramolecular Hbond substituents is 1. The fourth-order valence-corrected chi connectivity index (χ4v) is 11.8. The van der Waals surface area contributed by atoms with Crippen molar-refractivity contribution in [3.8, 4) is 5.75 Å². The zero-order valence-electron chi connectivity index (χ0n) is 64.2. The minimum Gasteiger partial charge on any atom is -0.508 e. The standard InChI is InChI=1S/C75H123N19O14/c1-9-10-11-12-13-14-15-16-17-18-19-20-24-31-62(98)86-56(38-46(2)3)67(102)85-48(6)64(99)89-58(41-51-32-34-53(97)35-33-51)70(105)91-59(40-50-27-22-21-23-28-50)69(104)88-54(29-25-36-82-74(76)77)65(100)87-55(30-26-37-83-75(78)79)66(101)90-57(39-47(4)5)68(103)92-60(42-52-43-81-45-84-52)71(106)93-61(44-95)72(107)94-63(49(7)96)73(108)80-8/h21-23,27-28,32-35,43,45-49,54-61,63,95-97H,9-20,24-26,29-31,36-42,44H2,1-8H3,(H,80,108)(H,81,84)(H,85,102)(H,86,98)(H,87,100)(H,88,104)(H,89,99)(H,90,101)(H,91,105)(H,92,103)(H,93,106)(H,94,107)(H4,76,77,82)(H4,78,79,83)/t48-,49+,54-,55-,56-,57-,58-,59-,60-,61-,63-/m0/s1. The zero-order chi connectivity index (χ0) is 80.1. The summed E-state index contributed by atoms with van der Waals surface area (Å²) < 4.78 is 0. The van der Waals surface area contributed by atoms with Gasteiger partial charge in [-0.3, -0.25) is 62.7 Å². The first-order chi connectivity index (χ1) is 51.4. The Labute approximate surface area is 634 Å². The number of amides is 11. The number of aromatic nitrogens is 2. The van der Waals surface area contributed by atoms with Crippen LogP contribution in [0.4, 0.5) is 0 Å². The topological polar surface area (TPSA) is 538 Å². The van der Waals surface area contributed by atoms with E-state index in [-0.39, 0.29) is 113 Å². The molecule has 602 valence electrons. The van der Waals surface area contributed by atoms with Gasteiger partial charge in [0.15, 0.2) is 11.9 Å². The molecule has 0 aliphatic rings. The molecule has 0 radical (unpaired) electrons. The molecule has 2 aromatic carbocycles. The summed E-state index contributed by atoms with van der Waals surface area (Å²) in [5.41, 5.74) is 24.0. The van der Waals surface area contributed by atoms with Gasteiger partial charge in [-0.2, -0.15) is 0 Å². The summed E-state index contributed by atoms with van der Waals surface area (Å²) in [5, 5.41) is 59.5. The smallest absolute Gasteiger partial charge is 0.245 e. The van der Waals surface area contributed by atoms with Crippen LogP contribution in [0.25, 0.3) is 0 Å². The van der Waals surface area contributed by atoms with Crippen molar-refractivity contribution in [3.63, 3.8) is 0 Å². The number of unbranched alkanes of at least 4 members (excludes halogenated alkanes) is 12. The first kappa shape index (κ1) is 92.3. The second-order valence-corrected chi connectivity index (χ2v) is 28.3. The van der Waals surface area contributed by atoms with E-state index in [0.29, 0.717) is 23.2 Å². The van der Waals surface area contributed by atoms with Gasteiger partial charge in [0.05, 0.1) is 19.0 Å². The van der Waals surface area contributed by atoms with Crippen LogP contribution in [0.15, 0.2) is 77.1 Å². The number of hydrogen-bond donors (Lipinski definition) is 19. The summed E-state index contributed by atoms with van der Waals surface area (Å²) in [5.74, 6) is -9.91. The van der Waals surface area contributed by atoms with Crippen LogP contribution in [0.3, 0.4) is 0 Å². The molecule has 0 spiro atoms. The Morgan fingerprint density at radius 1 is 0.454 bits per heavy atom. The van der Waals surface area contributed by atoms with Gasteiger partial charge in [-0.05, 0) is 93.9 Å². The van der Waals surface area contributed by atoms with E-state index in [2.05, 4.69) is 85.4 Å². The predicted molar refractivity (Wildman–Crippen MR) is 411 cm³/mol. The highest BCUT2D eigenvalue weighted by Crippen LogP contribution is 2.17. The van der Waals surface area contributed by atoms with Crippen LogP contribution in [0.5, 0.6) is 5.75 Å². The van der Waals surface area contributed by atoms with Gasteiger partial charge in [-0.1, -0.05) is 154 Å². The van der Waals surface area contributed by atoms with Crippen LogP contribution in [0, 0.1) is 11.8 Å². The summed E-state index contributed by atoms with van der Waals surface area (Å²) in [6, 6.07) is 0.159. The molecule has 0 unspecified atom stereocenters. The lowest BCUT2D eigenvalue weighted by Crippen LogP contribution is -2.61. The number of nitrogens with one attached hydrogen (secondary N) is 12. The van der Waals surface area contributed by atoms with E-state index < -0.39 is 132 Å². The molecular weight excluding hydrogens is 1390 g/mol. The van der Waals surface area contributed by atoms with E-state index in [4.69, 9.17) is 22.9 Å². The van der Waals surface area contributed by atoms with Crippen molar-refractivity contribution in [2.75, 3.05) is 26.7 Å². The number of aliphatic hydroxyl groups is 2. The molecule has 108 heavy (non-hydrogen) atoms. The molecule has 0 saturated heterocycles. The number of likely N-dealkylation sites (N-methyl/N-ethyl adjacent to an activating group) is 1. The van der Waals surface area contributed by atoms with Crippen molar-refractivity contribution in [2.45, 2.75) is 263 Å². The molecular formula is C75H123N19O14. The molecule has 0 fully saturated rings. The van der Waals surface area contributed by atoms with E-state index >= 15 is 4.79 Å². The third-order valence-corrected chi connectivity index (χ3v) is 17.8. The quantitative estimate of drug-likeness (QED) is 0.0211. The minimum atomic E-state index is -1.69. The molecule has 0 aliphatic carbocycles. The number of carbonyl (C=O) groups is 11. The van der Waals surface area contributed by atoms with Gasteiger partial charge >= 0.3 is 0 Å². The Morgan fingerprint density at radius 3 is 1.30 bits per heavy atom. The molecule has 1 heterocycles. The summed E-state index contributed by atoms with van der Waals surface area (Å²) >= 11 is 0. The Kier molecular flexibility index (Phi) is 43.9. The van der Waals surface area contributed by atoms with E-state index in [1.54, 1.807) is 44.2 Å². The highest BCUT2D eigenvalue weighted by Gasteiger charge is 2.37. The monoisotopic (exact) mass is 1510 g/mol. The number of hydrogen-bond acceptors (Lipinski definition) is 17. The maximum Gasteiger partial charge on any atom is 0.245 e. The lowest BCUT2D eigenvalue weighted by atomic mass is 10.0. The fourth-order valence-electron chi connectivity index (χ4n) is 11.8. The SMILES string of the molecule is CCCCCCCCCCCCCCCC(=O)N[C@@H](CC(C)C)C(=O)N[C@@H](C)C(=O)N[C@@H](Cc1ccc(O)cc1)C(=O)N[C@@H](Cc1ccccc1)C(=O)N[C@@H](CCCN=C(N)N)C(=O)N[C@@H](CCCN=C(N)N)C(=O)N[C@@H](CC(C)C)C(=O)N[C@@H](Cc1cnc[nH]1)C(=O)N[C@@H](CO)C(=O)N[C@H](C(=O)NC)[C@@H](C)O. The summed E-state index contributed by atoms with van der Waals surface area (Å²) in [6.07, 6.45) is 15.9. The van der Waals surface area contributed by atoms with Crippen LogP contribution in [-0.4, -0.2) is 195 Å². The lowest BCUT2D eigenvalue weighted by molar-refractivity contribution is -0.136. The van der Waals surface area contributed by atoms with Gasteiger partial charge in [0.2, 0.25) is 65.0 Å². The average Bonchev–Trinajstić information content (AvgIpc) is 0.910. The number of phenols is 1. The van der Waals surface area contributed by atoms with Crippen molar-refractivity contribution in [1.82, 2.24) is 68.5 Å². The van der Waals surface area contributed by atoms with E-state index in [9.17, 15) is 63.3 Å². The van der Waals surface area contributed by atoms with Gasteiger partial charge < -0.3 is 102 Å². The predicted octanol–water partition coefficient (Wildman–Crippen LogP) is 0.811. The molecule has 11 amide bonds. The fraction of sp³-hybridized carbons (Fsp3) is 0.627. The molecule has 3 aromatic rings. The number of nitrogens with two attached hydrogens (primary N) is 4. The Morgan fingerprint density at radius 2 is 0.852 bits per heavy atom. The largest absolute Gasteiger partial charge is 0.508 e. The number of imidazole rings is 1. The van der Waals surface area contributed by atoms with Crippen LogP contribution < -0.4 is 81.4 Å². The Bertz CT molecular complexity index is 3300. The minimum absolute atomic E-state index is 0.0239. The number of nitrogens with zero attached hydrogens (tertiary/aromatic N) is 3. The molecule has 1 aromatic heterocycles. The third kappa shape index (κ3) is 37.6. The molecule has 11 atom stereocenters. The molecule has 23 N–H and O–H groups in total. The third-order valence-electron chi connectivity index (χ3n) is 17.8. The van der Waals surface area contributed by atoms with Gasteiger partial charge in [-0.15, -0.1) is 0 Å². The normalized spacial score (nSPS) is 14.2. The maximum absolute atomic E-state index is 15.0. The average molecular weight is 1510 g/mol. The number of rotatable bonds is 54. The molecule has 33 nitrogen and oxygen atoms in total. The molecule has 33 heteroatoms. The number of H-pyrrole nitrogens is 1. The zero-order valence-corrected chi connectivity index (χ0v) is 64.2. The number of guanidine groups is 2. The first-order valence-corrected chi connectivity index (χ1v) is 37.9. The van der Waals surface area contributed by atoms with Crippen molar-refractivity contribution in [1.29, 1.82) is 0 Å². The van der Waals surface area contributed by atoms with E-state index in [0.717, 1.165) is 25.7 Å². The molecule has 3 rings (SSSR count).